The van der Waals surface area contributed by atoms with E-state index >= 15 is 0 Å². The van der Waals surface area contributed by atoms with Crippen LogP contribution in [0, 0.1) is 11.3 Å². The number of carbonyl (C=O) groups excluding carboxylic acids is 2. The first-order chi connectivity index (χ1) is 17.0. The van der Waals surface area contributed by atoms with Crippen LogP contribution in [0.1, 0.15) is 39.3 Å². The van der Waals surface area contributed by atoms with Gasteiger partial charge in [-0.25, -0.2) is 9.78 Å². The summed E-state index contributed by atoms with van der Waals surface area (Å²) in [5.41, 5.74) is 8.99. The normalized spacial score (nSPS) is 14.4. The fourth-order valence-electron chi connectivity index (χ4n) is 3.78. The van der Waals surface area contributed by atoms with Crippen LogP contribution < -0.4 is 21.7 Å². The molecule has 0 bridgehead atoms. The molecule has 1 aliphatic rings. The number of ether oxygens (including phenoxy) is 1. The number of fused-ring (bicyclic) bond motifs is 1. The van der Waals surface area contributed by atoms with E-state index in [1.54, 1.807) is 48.5 Å². The van der Waals surface area contributed by atoms with Crippen molar-refractivity contribution in [2.24, 2.45) is 0 Å². The highest BCUT2D eigenvalue weighted by atomic mass is 32.1. The molecule has 1 aliphatic carbocycles. The average molecular weight is 491 g/mol. The number of nitrogens with two attached hydrogens (primary N) is 1. The van der Waals surface area contributed by atoms with Gasteiger partial charge in [-0.3, -0.25) is 15.4 Å². The van der Waals surface area contributed by atoms with Gasteiger partial charge in [0.15, 0.2) is 5.13 Å². The minimum absolute atomic E-state index is 0.0215. The SMILES string of the molecule is N#CCCN[C@H]1CCc2nc(NC(=O)c3cccc(COC(=O)Nc4ccc(N)cc4)c3)sc2C1. The number of aromatic nitrogens is 1. The van der Waals surface area contributed by atoms with Gasteiger partial charge in [0.25, 0.3) is 5.91 Å². The van der Waals surface area contributed by atoms with Crippen molar-refractivity contribution in [2.75, 3.05) is 22.9 Å². The van der Waals surface area contributed by atoms with Gasteiger partial charge in [0.1, 0.15) is 6.61 Å². The van der Waals surface area contributed by atoms with Crippen LogP contribution in [0.3, 0.4) is 0 Å². The smallest absolute Gasteiger partial charge is 0.411 e. The lowest BCUT2D eigenvalue weighted by molar-refractivity contribution is 0.102. The lowest BCUT2D eigenvalue weighted by atomic mass is 9.98. The highest BCUT2D eigenvalue weighted by Crippen LogP contribution is 2.30. The Morgan fingerprint density at radius 1 is 1.20 bits per heavy atom. The van der Waals surface area contributed by atoms with Crippen molar-refractivity contribution in [3.05, 3.63) is 70.2 Å². The molecule has 0 radical (unpaired) electrons. The fourth-order valence-corrected chi connectivity index (χ4v) is 4.86. The van der Waals surface area contributed by atoms with E-state index in [-0.39, 0.29) is 12.5 Å². The summed E-state index contributed by atoms with van der Waals surface area (Å²) in [6.07, 6.45) is 2.55. The lowest BCUT2D eigenvalue weighted by Crippen LogP contribution is -2.34. The molecule has 2 aromatic carbocycles. The van der Waals surface area contributed by atoms with E-state index in [0.717, 1.165) is 29.8 Å². The van der Waals surface area contributed by atoms with E-state index in [1.165, 1.54) is 11.3 Å². The Kier molecular flexibility index (Phi) is 7.92. The van der Waals surface area contributed by atoms with E-state index < -0.39 is 6.09 Å². The summed E-state index contributed by atoms with van der Waals surface area (Å²) >= 11 is 1.49. The highest BCUT2D eigenvalue weighted by Gasteiger charge is 2.23. The molecule has 180 valence electrons. The summed E-state index contributed by atoms with van der Waals surface area (Å²) in [5.74, 6) is -0.270. The minimum atomic E-state index is -0.599. The summed E-state index contributed by atoms with van der Waals surface area (Å²) in [6.45, 7) is 0.704. The van der Waals surface area contributed by atoms with Crippen molar-refractivity contribution in [1.29, 1.82) is 5.26 Å². The molecule has 0 saturated heterocycles. The van der Waals surface area contributed by atoms with Crippen molar-refractivity contribution in [3.63, 3.8) is 0 Å². The molecule has 0 spiro atoms. The van der Waals surface area contributed by atoms with Crippen LogP contribution in [-0.4, -0.2) is 29.6 Å². The lowest BCUT2D eigenvalue weighted by Gasteiger charge is -2.21. The van der Waals surface area contributed by atoms with Gasteiger partial charge in [-0.05, 0) is 61.2 Å². The molecule has 35 heavy (non-hydrogen) atoms. The highest BCUT2D eigenvalue weighted by molar-refractivity contribution is 7.15. The largest absolute Gasteiger partial charge is 0.444 e. The molecule has 1 aromatic heterocycles. The average Bonchev–Trinajstić information content (AvgIpc) is 3.26. The second kappa shape index (κ2) is 11.5. The molecule has 1 atom stereocenters. The maximum Gasteiger partial charge on any atom is 0.411 e. The number of nitriles is 1. The van der Waals surface area contributed by atoms with Crippen molar-refractivity contribution in [3.8, 4) is 6.07 Å². The van der Waals surface area contributed by atoms with Crippen LogP contribution in [0.25, 0.3) is 0 Å². The fraction of sp³-hybridized carbons (Fsp3) is 0.280. The number of carbonyl (C=O) groups is 2. The molecule has 2 amide bonds. The summed E-state index contributed by atoms with van der Waals surface area (Å²) in [6, 6.07) is 16.1. The monoisotopic (exact) mass is 490 g/mol. The van der Waals surface area contributed by atoms with E-state index in [2.05, 4.69) is 27.0 Å². The predicted molar refractivity (Wildman–Crippen MR) is 135 cm³/mol. The first-order valence-corrected chi connectivity index (χ1v) is 12.1. The molecule has 0 unspecified atom stereocenters. The molecule has 0 fully saturated rings. The van der Waals surface area contributed by atoms with Crippen LogP contribution in [0.15, 0.2) is 48.5 Å². The van der Waals surface area contributed by atoms with Gasteiger partial charge in [-0.2, -0.15) is 5.26 Å². The zero-order valence-corrected chi connectivity index (χ0v) is 19.9. The summed E-state index contributed by atoms with van der Waals surface area (Å²) in [5, 5.41) is 18.2. The first-order valence-electron chi connectivity index (χ1n) is 11.3. The van der Waals surface area contributed by atoms with Gasteiger partial charge in [0.05, 0.1) is 11.8 Å². The first kappa shape index (κ1) is 24.2. The Hall–Kier alpha value is -3.94. The number of nitrogen functional groups attached to an aromatic ring is 1. The number of nitrogens with one attached hydrogen (secondary N) is 3. The minimum Gasteiger partial charge on any atom is -0.444 e. The van der Waals surface area contributed by atoms with Gasteiger partial charge in [-0.1, -0.05) is 12.1 Å². The van der Waals surface area contributed by atoms with E-state index in [1.807, 2.05) is 0 Å². The van der Waals surface area contributed by atoms with E-state index in [0.29, 0.717) is 46.6 Å². The van der Waals surface area contributed by atoms with Crippen molar-refractivity contribution in [1.82, 2.24) is 10.3 Å². The molecule has 0 aliphatic heterocycles. The number of benzene rings is 2. The Labute approximate surface area is 207 Å². The number of hydrogen-bond acceptors (Lipinski definition) is 8. The number of nitrogens with zero attached hydrogens (tertiary/aromatic N) is 2. The zero-order chi connectivity index (χ0) is 24.6. The standard InChI is InChI=1S/C25H26N6O3S/c26-11-2-12-28-20-9-10-21-22(14-20)35-24(30-21)31-23(32)17-4-1-3-16(13-17)15-34-25(33)29-19-7-5-18(27)6-8-19/h1,3-8,13,20,28H,2,9-10,12,14-15,27H2,(H,29,33)(H,30,31,32)/t20-/m0/s1. The molecule has 9 nitrogen and oxygen atoms in total. The van der Waals surface area contributed by atoms with Crippen LogP contribution >= 0.6 is 11.3 Å². The molecule has 3 aromatic rings. The maximum absolute atomic E-state index is 12.8. The Bertz CT molecular complexity index is 1230. The molecule has 0 saturated carbocycles. The zero-order valence-electron chi connectivity index (χ0n) is 19.0. The van der Waals surface area contributed by atoms with Crippen LogP contribution in [-0.2, 0) is 24.2 Å². The molecule has 1 heterocycles. The van der Waals surface area contributed by atoms with Gasteiger partial charge >= 0.3 is 6.09 Å². The maximum atomic E-state index is 12.8. The predicted octanol–water partition coefficient (Wildman–Crippen LogP) is 4.09. The summed E-state index contributed by atoms with van der Waals surface area (Å²) in [4.78, 5) is 30.6. The Morgan fingerprint density at radius 3 is 2.83 bits per heavy atom. The third-order valence-corrected chi connectivity index (χ3v) is 6.58. The van der Waals surface area contributed by atoms with E-state index in [9.17, 15) is 9.59 Å². The van der Waals surface area contributed by atoms with Crippen molar-refractivity contribution < 1.29 is 14.3 Å². The van der Waals surface area contributed by atoms with Crippen LogP contribution in [0.2, 0.25) is 0 Å². The molecule has 10 heteroatoms. The van der Waals surface area contributed by atoms with Crippen LogP contribution in [0.4, 0.5) is 21.3 Å². The topological polar surface area (TPSA) is 142 Å². The number of rotatable bonds is 8. The van der Waals surface area contributed by atoms with Crippen molar-refractivity contribution >= 4 is 39.8 Å². The Balaban J connectivity index is 1.30. The number of hydrogen-bond donors (Lipinski definition) is 4. The Morgan fingerprint density at radius 2 is 2.03 bits per heavy atom. The number of amides is 2. The van der Waals surface area contributed by atoms with Gasteiger partial charge in [0, 0.05) is 40.8 Å². The van der Waals surface area contributed by atoms with Crippen molar-refractivity contribution in [2.45, 2.75) is 38.3 Å². The molecule has 5 N–H and O–H groups in total. The molecule has 4 rings (SSSR count). The summed E-state index contributed by atoms with van der Waals surface area (Å²) < 4.78 is 5.27. The number of aryl methyl sites for hydroxylation is 1. The summed E-state index contributed by atoms with van der Waals surface area (Å²) in [7, 11) is 0. The van der Waals surface area contributed by atoms with Crippen LogP contribution in [0.5, 0.6) is 0 Å². The third kappa shape index (κ3) is 6.79. The second-order valence-electron chi connectivity index (χ2n) is 8.17. The quantitative estimate of drug-likeness (QED) is 0.275. The second-order valence-corrected chi connectivity index (χ2v) is 9.25. The van der Waals surface area contributed by atoms with E-state index in [4.69, 9.17) is 15.7 Å². The van der Waals surface area contributed by atoms with Gasteiger partial charge in [0.2, 0.25) is 0 Å². The van der Waals surface area contributed by atoms with Gasteiger partial charge < -0.3 is 15.8 Å². The number of thiazole rings is 1. The third-order valence-electron chi connectivity index (χ3n) is 5.55. The molecular weight excluding hydrogens is 464 g/mol. The van der Waals surface area contributed by atoms with Gasteiger partial charge in [-0.15, -0.1) is 11.3 Å². The number of anilines is 3. The molecular formula is C25H26N6O3S.